The van der Waals surface area contributed by atoms with Crippen LogP contribution in [0.1, 0.15) is 11.4 Å². The molecule has 0 aliphatic rings. The molecule has 4 rings (SSSR count). The molecule has 0 spiro atoms. The fourth-order valence-corrected chi connectivity index (χ4v) is 3.18. The SMILES string of the molecule is FC(F)(F)c1cc(-c2ccc(-c3nc(SCc4nn[nH]n4)n[nH]3)o2)ccc1Cl. The Kier molecular flexibility index (Phi) is 4.81. The third-order valence-corrected chi connectivity index (χ3v) is 4.75. The van der Waals surface area contributed by atoms with Crippen molar-refractivity contribution < 1.29 is 17.6 Å². The highest BCUT2D eigenvalue weighted by molar-refractivity contribution is 7.98. The Hall–Kier alpha value is -2.86. The summed E-state index contributed by atoms with van der Waals surface area (Å²) < 4.78 is 44.7. The van der Waals surface area contributed by atoms with Crippen LogP contribution in [0.25, 0.3) is 22.9 Å². The summed E-state index contributed by atoms with van der Waals surface area (Å²) in [6.45, 7) is 0. The number of tetrazole rings is 1. The number of furan rings is 1. The molecule has 3 heterocycles. The standard InChI is InChI=1S/C15H9ClF3N7OS/c16-9-2-1-7(5-8(9)15(17,18)19)10-3-4-11(27-10)13-20-14(24-23-13)28-6-12-21-25-26-22-12/h1-5H,6H2,(H,20,23,24)(H,21,22,25,26). The van der Waals surface area contributed by atoms with Gasteiger partial charge in [0, 0.05) is 5.56 Å². The number of nitrogens with zero attached hydrogens (tertiary/aromatic N) is 5. The van der Waals surface area contributed by atoms with E-state index in [1.807, 2.05) is 0 Å². The summed E-state index contributed by atoms with van der Waals surface area (Å²) in [6.07, 6.45) is -4.56. The molecule has 0 saturated carbocycles. The molecule has 8 nitrogen and oxygen atoms in total. The van der Waals surface area contributed by atoms with Gasteiger partial charge in [0.1, 0.15) is 5.76 Å². The number of alkyl halides is 3. The average molecular weight is 428 g/mol. The summed E-state index contributed by atoms with van der Waals surface area (Å²) in [6, 6.07) is 6.71. The molecule has 1 aromatic carbocycles. The van der Waals surface area contributed by atoms with Crippen molar-refractivity contribution in [2.24, 2.45) is 0 Å². The van der Waals surface area contributed by atoms with Crippen molar-refractivity contribution in [2.75, 3.05) is 0 Å². The first kappa shape index (κ1) is 18.5. The van der Waals surface area contributed by atoms with Crippen LogP contribution < -0.4 is 0 Å². The molecule has 0 fully saturated rings. The summed E-state index contributed by atoms with van der Waals surface area (Å²) >= 11 is 6.93. The number of aromatic nitrogens is 7. The van der Waals surface area contributed by atoms with Crippen LogP contribution in [0.4, 0.5) is 13.2 Å². The first-order valence-corrected chi connectivity index (χ1v) is 9.01. The first-order chi connectivity index (χ1) is 13.4. The quantitative estimate of drug-likeness (QED) is 0.459. The Morgan fingerprint density at radius 1 is 1.11 bits per heavy atom. The fraction of sp³-hybridized carbons (Fsp3) is 0.133. The fourth-order valence-electron chi connectivity index (χ4n) is 2.31. The number of H-pyrrole nitrogens is 2. The van der Waals surface area contributed by atoms with Gasteiger partial charge in [-0.2, -0.15) is 23.4 Å². The van der Waals surface area contributed by atoms with E-state index in [0.717, 1.165) is 6.07 Å². The number of nitrogens with one attached hydrogen (secondary N) is 2. The van der Waals surface area contributed by atoms with Gasteiger partial charge in [0.2, 0.25) is 5.16 Å². The van der Waals surface area contributed by atoms with Crippen LogP contribution in [-0.4, -0.2) is 35.8 Å². The van der Waals surface area contributed by atoms with E-state index in [1.54, 1.807) is 12.1 Å². The smallest absolute Gasteiger partial charge is 0.417 e. The molecule has 0 saturated heterocycles. The van der Waals surface area contributed by atoms with Gasteiger partial charge in [-0.3, -0.25) is 5.10 Å². The molecule has 28 heavy (non-hydrogen) atoms. The van der Waals surface area contributed by atoms with Gasteiger partial charge >= 0.3 is 6.18 Å². The third-order valence-electron chi connectivity index (χ3n) is 3.58. The van der Waals surface area contributed by atoms with Crippen molar-refractivity contribution in [1.82, 2.24) is 35.8 Å². The van der Waals surface area contributed by atoms with E-state index in [9.17, 15) is 13.2 Å². The molecule has 0 amide bonds. The first-order valence-electron chi connectivity index (χ1n) is 7.65. The monoisotopic (exact) mass is 427 g/mol. The maximum atomic E-state index is 13.0. The summed E-state index contributed by atoms with van der Waals surface area (Å²) in [7, 11) is 0. The van der Waals surface area contributed by atoms with Crippen LogP contribution in [0, 0.1) is 0 Å². The van der Waals surface area contributed by atoms with Crippen molar-refractivity contribution >= 4 is 23.4 Å². The second kappa shape index (κ2) is 7.28. The minimum Gasteiger partial charge on any atom is -0.453 e. The summed E-state index contributed by atoms with van der Waals surface area (Å²) in [5.74, 6) is 1.83. The molecule has 2 N–H and O–H groups in total. The average Bonchev–Trinajstić information content (AvgIpc) is 3.40. The minimum absolute atomic E-state index is 0.245. The molecular formula is C15H9ClF3N7OS. The summed E-state index contributed by atoms with van der Waals surface area (Å²) in [4.78, 5) is 4.27. The summed E-state index contributed by atoms with van der Waals surface area (Å²) in [5.41, 5.74) is -0.682. The zero-order chi connectivity index (χ0) is 19.7. The van der Waals surface area contributed by atoms with Crippen molar-refractivity contribution in [3.8, 4) is 22.9 Å². The molecule has 0 bridgehead atoms. The topological polar surface area (TPSA) is 109 Å². The number of aromatic amines is 2. The predicted molar refractivity (Wildman–Crippen MR) is 93.3 cm³/mol. The van der Waals surface area contributed by atoms with Crippen molar-refractivity contribution in [2.45, 2.75) is 17.1 Å². The van der Waals surface area contributed by atoms with Gasteiger partial charge in [-0.15, -0.1) is 15.3 Å². The Morgan fingerprint density at radius 2 is 1.93 bits per heavy atom. The van der Waals surface area contributed by atoms with Gasteiger partial charge in [-0.25, -0.2) is 0 Å². The maximum Gasteiger partial charge on any atom is 0.417 e. The number of benzene rings is 1. The number of hydrogen-bond donors (Lipinski definition) is 2. The van der Waals surface area contributed by atoms with Crippen LogP contribution in [-0.2, 0) is 11.9 Å². The largest absolute Gasteiger partial charge is 0.453 e. The molecule has 13 heteroatoms. The van der Waals surface area contributed by atoms with Crippen molar-refractivity contribution in [3.63, 3.8) is 0 Å². The second-order valence-corrected chi connectivity index (χ2v) is 6.79. The maximum absolute atomic E-state index is 13.0. The molecule has 4 aromatic rings. The van der Waals surface area contributed by atoms with E-state index < -0.39 is 11.7 Å². The Bertz CT molecular complexity index is 1090. The van der Waals surface area contributed by atoms with E-state index in [2.05, 4.69) is 35.8 Å². The molecule has 0 radical (unpaired) electrons. The zero-order valence-electron chi connectivity index (χ0n) is 13.7. The number of thioether (sulfide) groups is 1. The van der Waals surface area contributed by atoms with E-state index in [1.165, 1.54) is 23.9 Å². The minimum atomic E-state index is -4.56. The molecule has 144 valence electrons. The zero-order valence-corrected chi connectivity index (χ0v) is 15.2. The van der Waals surface area contributed by atoms with Gasteiger partial charge in [-0.05, 0) is 30.3 Å². The third kappa shape index (κ3) is 3.87. The molecule has 0 aliphatic carbocycles. The van der Waals surface area contributed by atoms with E-state index >= 15 is 0 Å². The lowest BCUT2D eigenvalue weighted by atomic mass is 10.1. The van der Waals surface area contributed by atoms with Crippen molar-refractivity contribution in [3.05, 3.63) is 46.7 Å². The van der Waals surface area contributed by atoms with Crippen LogP contribution in [0.5, 0.6) is 0 Å². The molecule has 0 unspecified atom stereocenters. The Labute approximate surface area is 163 Å². The summed E-state index contributed by atoms with van der Waals surface area (Å²) in [5, 5.41) is 20.3. The lowest BCUT2D eigenvalue weighted by molar-refractivity contribution is -0.137. The van der Waals surface area contributed by atoms with Gasteiger partial charge in [0.25, 0.3) is 0 Å². The highest BCUT2D eigenvalue weighted by Gasteiger charge is 2.33. The van der Waals surface area contributed by atoms with Gasteiger partial charge < -0.3 is 4.42 Å². The Balaban J connectivity index is 1.54. The van der Waals surface area contributed by atoms with Gasteiger partial charge in [-0.1, -0.05) is 28.6 Å². The van der Waals surface area contributed by atoms with Gasteiger partial charge in [0.15, 0.2) is 17.4 Å². The highest BCUT2D eigenvalue weighted by Crippen LogP contribution is 2.38. The van der Waals surface area contributed by atoms with Gasteiger partial charge in [0.05, 0.1) is 16.3 Å². The van der Waals surface area contributed by atoms with Crippen LogP contribution in [0.15, 0.2) is 39.9 Å². The van der Waals surface area contributed by atoms with Crippen molar-refractivity contribution in [1.29, 1.82) is 0 Å². The molecule has 0 atom stereocenters. The number of halogens is 4. The van der Waals surface area contributed by atoms with E-state index in [4.69, 9.17) is 16.0 Å². The molecule has 0 aliphatic heterocycles. The number of rotatable bonds is 5. The van der Waals surface area contributed by atoms with Crippen LogP contribution >= 0.6 is 23.4 Å². The number of hydrogen-bond acceptors (Lipinski definition) is 7. The van der Waals surface area contributed by atoms with E-state index in [-0.39, 0.29) is 16.3 Å². The van der Waals surface area contributed by atoms with Crippen LogP contribution in [0.2, 0.25) is 5.02 Å². The predicted octanol–water partition coefficient (Wildman–Crippen LogP) is 4.21. The lowest BCUT2D eigenvalue weighted by Crippen LogP contribution is -2.05. The second-order valence-electron chi connectivity index (χ2n) is 5.44. The normalized spacial score (nSPS) is 11.9. The van der Waals surface area contributed by atoms with Crippen LogP contribution in [0.3, 0.4) is 0 Å². The van der Waals surface area contributed by atoms with E-state index in [0.29, 0.717) is 28.3 Å². The molecular weight excluding hydrogens is 419 g/mol. The highest BCUT2D eigenvalue weighted by atomic mass is 35.5. The Morgan fingerprint density at radius 3 is 2.68 bits per heavy atom. The lowest BCUT2D eigenvalue weighted by Gasteiger charge is -2.09. The molecule has 3 aromatic heterocycles.